The Labute approximate surface area is 71.3 Å². The van der Waals surface area contributed by atoms with Crippen molar-refractivity contribution in [1.29, 1.82) is 0 Å². The summed E-state index contributed by atoms with van der Waals surface area (Å²) in [5.41, 5.74) is 0. The molecule has 0 aliphatic carbocycles. The standard InChI is InChI=1S/Ca.O3Si.H4Si/c;1-4(2)3;/h;;1H4/q+2;-2;. The van der Waals surface area contributed by atoms with Crippen molar-refractivity contribution >= 4 is 57.9 Å². The normalized spacial score (nSPS) is 4.00. The van der Waals surface area contributed by atoms with Crippen LogP contribution in [0, 0.1) is 0 Å². The van der Waals surface area contributed by atoms with E-state index >= 15 is 0 Å². The molecule has 0 saturated carbocycles. The van der Waals surface area contributed by atoms with E-state index in [0.717, 1.165) is 0 Å². The van der Waals surface area contributed by atoms with Gasteiger partial charge in [-0.15, -0.1) is 0 Å². The maximum absolute atomic E-state index is 8.52. The van der Waals surface area contributed by atoms with E-state index in [-0.39, 0.29) is 48.7 Å². The average molecular weight is 148 g/mol. The first-order chi connectivity index (χ1) is 1.73. The fourth-order valence-corrected chi connectivity index (χ4v) is 0. The minimum Gasteiger partial charge on any atom is -0.672 e. The van der Waals surface area contributed by atoms with Gasteiger partial charge in [0.25, 0.3) is 0 Å². The zero-order valence-corrected chi connectivity index (χ0v) is 5.64. The van der Waals surface area contributed by atoms with E-state index in [4.69, 9.17) is 14.1 Å². The van der Waals surface area contributed by atoms with Gasteiger partial charge in [0.15, 0.2) is 0 Å². The molecule has 32 valence electrons. The minimum absolute atomic E-state index is 0. The predicted octanol–water partition coefficient (Wildman–Crippen LogP) is -4.71. The van der Waals surface area contributed by atoms with E-state index in [0.29, 0.717) is 0 Å². The molecule has 0 aliphatic heterocycles. The van der Waals surface area contributed by atoms with Crippen LogP contribution in [0.25, 0.3) is 0 Å². The van der Waals surface area contributed by atoms with Crippen molar-refractivity contribution in [2.45, 2.75) is 0 Å². The van der Waals surface area contributed by atoms with Crippen LogP contribution in [0.15, 0.2) is 0 Å². The molecule has 0 spiro atoms. The fraction of sp³-hybridized carbons (Fsp3) is 0. The van der Waals surface area contributed by atoms with Crippen LogP contribution in [0.1, 0.15) is 0 Å². The second kappa shape index (κ2) is 9.43. The van der Waals surface area contributed by atoms with Crippen molar-refractivity contribution in [3.63, 3.8) is 0 Å². The molecule has 0 atom stereocenters. The molecule has 0 aromatic carbocycles. The van der Waals surface area contributed by atoms with E-state index in [2.05, 4.69) is 0 Å². The molecular formula is H4CaO3Si2. The first-order valence-corrected chi connectivity index (χ1v) is 1.84. The summed E-state index contributed by atoms with van der Waals surface area (Å²) in [6, 6.07) is 0. The van der Waals surface area contributed by atoms with Gasteiger partial charge in [0.2, 0.25) is 0 Å². The molecule has 0 aliphatic rings. The van der Waals surface area contributed by atoms with Crippen LogP contribution in [0.4, 0.5) is 0 Å². The molecule has 3 nitrogen and oxygen atoms in total. The Bertz CT molecular complexity index is 31.8. The van der Waals surface area contributed by atoms with E-state index in [9.17, 15) is 0 Å². The first kappa shape index (κ1) is 15.7. The summed E-state index contributed by atoms with van der Waals surface area (Å²) in [7, 11) is -3.63. The van der Waals surface area contributed by atoms with Crippen LogP contribution in [0.5, 0.6) is 0 Å². The second-order valence-corrected chi connectivity index (χ2v) is 0.750. The summed E-state index contributed by atoms with van der Waals surface area (Å²) in [4.78, 5) is 17.0. The molecule has 0 saturated heterocycles. The Morgan fingerprint density at radius 3 is 1.33 bits per heavy atom. The summed E-state index contributed by atoms with van der Waals surface area (Å²) >= 11 is 0. The number of hydrogen-bond donors (Lipinski definition) is 0. The monoisotopic (exact) mass is 148 g/mol. The van der Waals surface area contributed by atoms with Gasteiger partial charge in [-0.3, -0.25) is 0 Å². The molecule has 0 heterocycles. The molecular weight excluding hydrogens is 144 g/mol. The average Bonchev–Trinajstić information content (AvgIpc) is 0.811. The molecule has 0 aromatic rings. The first-order valence-electron chi connectivity index (χ1n) is 0.612. The zero-order valence-electron chi connectivity index (χ0n) is 2.43. The summed E-state index contributed by atoms with van der Waals surface area (Å²) in [5.74, 6) is 0. The number of hydrogen-bond acceptors (Lipinski definition) is 3. The Morgan fingerprint density at radius 1 is 1.33 bits per heavy atom. The topological polar surface area (TPSA) is 63.2 Å². The Hall–Kier alpha value is 1.09. The Morgan fingerprint density at radius 2 is 1.33 bits per heavy atom. The van der Waals surface area contributed by atoms with Gasteiger partial charge < -0.3 is 14.1 Å². The van der Waals surface area contributed by atoms with Crippen LogP contribution < -0.4 is 9.59 Å². The molecule has 0 radical (unpaired) electrons. The maximum Gasteiger partial charge on any atom is 2.00 e. The van der Waals surface area contributed by atoms with Gasteiger partial charge in [-0.1, -0.05) is 0 Å². The molecule has 0 rings (SSSR count). The quantitative estimate of drug-likeness (QED) is 0.324. The third-order valence-electron chi connectivity index (χ3n) is 0. The van der Waals surface area contributed by atoms with E-state index < -0.39 is 9.17 Å². The molecule has 0 amide bonds. The van der Waals surface area contributed by atoms with Gasteiger partial charge in [0, 0.05) is 9.17 Å². The summed E-state index contributed by atoms with van der Waals surface area (Å²) < 4.78 is 8.52. The van der Waals surface area contributed by atoms with Gasteiger partial charge >= 0.3 is 37.7 Å². The molecule has 0 aromatic heterocycles. The van der Waals surface area contributed by atoms with Crippen LogP contribution in [-0.2, 0) is 4.46 Å². The van der Waals surface area contributed by atoms with Gasteiger partial charge in [0.1, 0.15) is 0 Å². The summed E-state index contributed by atoms with van der Waals surface area (Å²) in [6.07, 6.45) is 0. The van der Waals surface area contributed by atoms with E-state index in [1.165, 1.54) is 0 Å². The molecule has 6 heteroatoms. The second-order valence-electron chi connectivity index (χ2n) is 0.250. The predicted molar refractivity (Wildman–Crippen MR) is 23.5 cm³/mol. The molecule has 0 N–H and O–H groups in total. The third kappa shape index (κ3) is 71.4. The van der Waals surface area contributed by atoms with Crippen molar-refractivity contribution in [1.82, 2.24) is 0 Å². The molecule has 0 unspecified atom stereocenters. The van der Waals surface area contributed by atoms with Crippen molar-refractivity contribution in [3.05, 3.63) is 0 Å². The van der Waals surface area contributed by atoms with Crippen LogP contribution in [0.3, 0.4) is 0 Å². The molecule has 6 heavy (non-hydrogen) atoms. The van der Waals surface area contributed by atoms with Gasteiger partial charge in [-0.05, 0) is 11.0 Å². The van der Waals surface area contributed by atoms with Crippen molar-refractivity contribution in [3.8, 4) is 0 Å². The zero-order chi connectivity index (χ0) is 3.58. The van der Waals surface area contributed by atoms with Crippen LogP contribution >= 0.6 is 0 Å². The van der Waals surface area contributed by atoms with Crippen molar-refractivity contribution in [2.75, 3.05) is 0 Å². The molecule has 0 fully saturated rings. The van der Waals surface area contributed by atoms with Crippen molar-refractivity contribution < 1.29 is 14.1 Å². The number of rotatable bonds is 0. The smallest absolute Gasteiger partial charge is 0.672 e. The van der Waals surface area contributed by atoms with Crippen molar-refractivity contribution in [2.24, 2.45) is 0 Å². The van der Waals surface area contributed by atoms with Crippen LogP contribution in [0.2, 0.25) is 0 Å². The SMILES string of the molecule is O=[Si]([O-])[O-].[Ca+2].[SiH4]. The van der Waals surface area contributed by atoms with Gasteiger partial charge in [0.05, 0.1) is 0 Å². The Balaban J connectivity index is -0.0000000450. The van der Waals surface area contributed by atoms with E-state index in [1.54, 1.807) is 0 Å². The summed E-state index contributed by atoms with van der Waals surface area (Å²) in [5, 5.41) is 0. The van der Waals surface area contributed by atoms with E-state index in [1.807, 2.05) is 0 Å². The summed E-state index contributed by atoms with van der Waals surface area (Å²) in [6.45, 7) is 0. The maximum atomic E-state index is 8.52. The molecule has 0 bridgehead atoms. The minimum atomic E-state index is -3.63. The fourth-order valence-electron chi connectivity index (χ4n) is 0. The van der Waals surface area contributed by atoms with Gasteiger partial charge in [-0.25, -0.2) is 0 Å². The van der Waals surface area contributed by atoms with Gasteiger partial charge in [-0.2, -0.15) is 0 Å². The van der Waals surface area contributed by atoms with Crippen LogP contribution in [-0.4, -0.2) is 57.9 Å². The Kier molecular flexibility index (Phi) is 24.7. The largest absolute Gasteiger partial charge is 2.00 e. The third-order valence-corrected chi connectivity index (χ3v) is 0.